The Morgan fingerprint density at radius 1 is 1.17 bits per heavy atom. The van der Waals surface area contributed by atoms with Gasteiger partial charge in [-0.05, 0) is 69.4 Å². The maximum atomic E-state index is 5.92. The zero-order valence-electron chi connectivity index (χ0n) is 10.8. The van der Waals surface area contributed by atoms with Gasteiger partial charge in [-0.25, -0.2) is 0 Å². The second kappa shape index (κ2) is 6.40. The van der Waals surface area contributed by atoms with Crippen molar-refractivity contribution < 1.29 is 0 Å². The number of rotatable bonds is 3. The van der Waals surface area contributed by atoms with Crippen molar-refractivity contribution in [3.63, 3.8) is 0 Å². The molecule has 1 aromatic rings. The molecule has 0 unspecified atom stereocenters. The highest BCUT2D eigenvalue weighted by Gasteiger charge is 2.18. The number of nitrogen functional groups attached to an aromatic ring is 1. The topological polar surface area (TPSA) is 29.3 Å². The van der Waals surface area contributed by atoms with Crippen LogP contribution in [-0.2, 0) is 6.54 Å². The van der Waals surface area contributed by atoms with Crippen LogP contribution < -0.4 is 5.73 Å². The van der Waals surface area contributed by atoms with Gasteiger partial charge in [0.25, 0.3) is 0 Å². The monoisotopic (exact) mass is 374 g/mol. The second-order valence-corrected chi connectivity index (χ2v) is 6.89. The number of nitrogens with two attached hydrogens (primary N) is 1. The Kier molecular flexibility index (Phi) is 5.10. The van der Waals surface area contributed by atoms with Crippen molar-refractivity contribution in [1.29, 1.82) is 0 Å². The van der Waals surface area contributed by atoms with Gasteiger partial charge in [0, 0.05) is 21.5 Å². The van der Waals surface area contributed by atoms with Crippen LogP contribution in [0.25, 0.3) is 0 Å². The maximum Gasteiger partial charge on any atom is 0.0603 e. The van der Waals surface area contributed by atoms with E-state index in [1.54, 1.807) is 0 Å². The van der Waals surface area contributed by atoms with Gasteiger partial charge in [0.2, 0.25) is 0 Å². The average molecular weight is 376 g/mol. The van der Waals surface area contributed by atoms with E-state index >= 15 is 0 Å². The first-order valence-electron chi connectivity index (χ1n) is 6.51. The molecule has 4 heteroatoms. The number of benzene rings is 1. The molecule has 0 atom stereocenters. The lowest BCUT2D eigenvalue weighted by atomic mass is 9.94. The van der Waals surface area contributed by atoms with Gasteiger partial charge in [-0.15, -0.1) is 0 Å². The van der Waals surface area contributed by atoms with E-state index < -0.39 is 0 Å². The largest absolute Gasteiger partial charge is 0.397 e. The van der Waals surface area contributed by atoms with Crippen LogP contribution in [-0.4, -0.2) is 18.0 Å². The molecule has 18 heavy (non-hydrogen) atoms. The third kappa shape index (κ3) is 3.49. The zero-order chi connectivity index (χ0) is 13.1. The molecule has 2 rings (SSSR count). The van der Waals surface area contributed by atoms with Crippen molar-refractivity contribution in [3.8, 4) is 0 Å². The van der Waals surface area contributed by atoms with E-state index in [0.717, 1.165) is 27.2 Å². The lowest BCUT2D eigenvalue weighted by Gasteiger charge is -2.31. The molecule has 100 valence electrons. The first-order valence-corrected chi connectivity index (χ1v) is 8.10. The Hall–Kier alpha value is -0.0600. The Morgan fingerprint density at radius 2 is 1.72 bits per heavy atom. The summed E-state index contributed by atoms with van der Waals surface area (Å²) in [5.41, 5.74) is 8.00. The number of anilines is 1. The van der Waals surface area contributed by atoms with Gasteiger partial charge in [-0.1, -0.05) is 19.3 Å². The van der Waals surface area contributed by atoms with Crippen molar-refractivity contribution in [3.05, 3.63) is 26.6 Å². The molecular weight excluding hydrogens is 356 g/mol. The minimum Gasteiger partial charge on any atom is -0.397 e. The summed E-state index contributed by atoms with van der Waals surface area (Å²) in [7, 11) is 2.23. The number of nitrogens with zero attached hydrogens (tertiary/aromatic N) is 1. The van der Waals surface area contributed by atoms with Crippen LogP contribution in [0.5, 0.6) is 0 Å². The maximum absolute atomic E-state index is 5.92. The van der Waals surface area contributed by atoms with Crippen molar-refractivity contribution in [2.75, 3.05) is 12.8 Å². The molecule has 0 amide bonds. The van der Waals surface area contributed by atoms with E-state index in [1.807, 2.05) is 0 Å². The third-order valence-corrected chi connectivity index (χ3v) is 5.08. The fraction of sp³-hybridized carbons (Fsp3) is 0.571. The SMILES string of the molecule is CN(Cc1cc(Br)c(N)c(Br)c1)C1CCCCC1. The fourth-order valence-corrected chi connectivity index (χ4v) is 3.95. The first kappa shape index (κ1) is 14.4. The Balaban J connectivity index is 2.04. The van der Waals surface area contributed by atoms with Gasteiger partial charge in [-0.3, -0.25) is 4.90 Å². The standard InChI is InChI=1S/C14H20Br2N2/c1-18(11-5-3-2-4-6-11)9-10-7-12(15)14(17)13(16)8-10/h7-8,11H,2-6,9,17H2,1H3. The van der Waals surface area contributed by atoms with Gasteiger partial charge in [-0.2, -0.15) is 0 Å². The minimum absolute atomic E-state index is 0.744. The predicted molar refractivity (Wildman–Crippen MR) is 84.6 cm³/mol. The normalized spacial score (nSPS) is 17.3. The molecule has 0 saturated heterocycles. The third-order valence-electron chi connectivity index (χ3n) is 3.77. The number of hydrogen-bond donors (Lipinski definition) is 1. The smallest absolute Gasteiger partial charge is 0.0603 e. The Morgan fingerprint density at radius 3 is 2.28 bits per heavy atom. The Labute approximate surface area is 126 Å². The molecule has 0 spiro atoms. The van der Waals surface area contributed by atoms with E-state index in [0.29, 0.717) is 0 Å². The highest BCUT2D eigenvalue weighted by atomic mass is 79.9. The van der Waals surface area contributed by atoms with Crippen molar-refractivity contribution in [2.45, 2.75) is 44.7 Å². The van der Waals surface area contributed by atoms with Crippen LogP contribution in [0.4, 0.5) is 5.69 Å². The summed E-state index contributed by atoms with van der Waals surface area (Å²) in [4.78, 5) is 2.48. The molecule has 1 aromatic carbocycles. The van der Waals surface area contributed by atoms with Gasteiger partial charge < -0.3 is 5.73 Å². The summed E-state index contributed by atoms with van der Waals surface area (Å²) < 4.78 is 1.95. The molecule has 1 saturated carbocycles. The summed E-state index contributed by atoms with van der Waals surface area (Å²) >= 11 is 7.02. The first-order chi connectivity index (χ1) is 8.58. The molecule has 1 aliphatic rings. The molecule has 0 heterocycles. The highest BCUT2D eigenvalue weighted by molar-refractivity contribution is 9.11. The minimum atomic E-state index is 0.744. The van der Waals surface area contributed by atoms with Crippen LogP contribution in [0.2, 0.25) is 0 Å². The van der Waals surface area contributed by atoms with Crippen LogP contribution in [0.1, 0.15) is 37.7 Å². The molecule has 2 N–H and O–H groups in total. The molecule has 1 fully saturated rings. The summed E-state index contributed by atoms with van der Waals surface area (Å²) in [6.45, 7) is 0.988. The Bertz CT molecular complexity index is 391. The molecule has 0 radical (unpaired) electrons. The van der Waals surface area contributed by atoms with Crippen LogP contribution in [0.15, 0.2) is 21.1 Å². The second-order valence-electron chi connectivity index (χ2n) is 5.18. The van der Waals surface area contributed by atoms with Crippen LogP contribution in [0, 0.1) is 0 Å². The van der Waals surface area contributed by atoms with E-state index in [9.17, 15) is 0 Å². The van der Waals surface area contributed by atoms with E-state index in [2.05, 4.69) is 55.9 Å². The molecule has 2 nitrogen and oxygen atoms in total. The van der Waals surface area contributed by atoms with E-state index in [-0.39, 0.29) is 0 Å². The predicted octanol–water partition coefficient (Wildman–Crippen LogP) is 4.56. The molecule has 1 aliphatic carbocycles. The average Bonchev–Trinajstić information content (AvgIpc) is 2.37. The molecule has 0 bridgehead atoms. The van der Waals surface area contributed by atoms with Gasteiger partial charge in [0.15, 0.2) is 0 Å². The zero-order valence-corrected chi connectivity index (χ0v) is 13.9. The molecular formula is C14H20Br2N2. The number of hydrogen-bond acceptors (Lipinski definition) is 2. The summed E-state index contributed by atoms with van der Waals surface area (Å²) in [6.07, 6.45) is 6.85. The van der Waals surface area contributed by atoms with Crippen molar-refractivity contribution in [2.24, 2.45) is 0 Å². The quantitative estimate of drug-likeness (QED) is 0.784. The lowest BCUT2D eigenvalue weighted by molar-refractivity contribution is 0.184. The molecule has 0 aromatic heterocycles. The van der Waals surface area contributed by atoms with Gasteiger partial charge in [0.1, 0.15) is 0 Å². The molecule has 0 aliphatic heterocycles. The lowest BCUT2D eigenvalue weighted by Crippen LogP contribution is -2.32. The van der Waals surface area contributed by atoms with Crippen molar-refractivity contribution in [1.82, 2.24) is 4.90 Å². The highest BCUT2D eigenvalue weighted by Crippen LogP contribution is 2.31. The summed E-state index contributed by atoms with van der Waals surface area (Å²) in [5, 5.41) is 0. The van der Waals surface area contributed by atoms with E-state index in [1.165, 1.54) is 37.7 Å². The van der Waals surface area contributed by atoms with Gasteiger partial charge in [0.05, 0.1) is 5.69 Å². The van der Waals surface area contributed by atoms with Crippen molar-refractivity contribution >= 4 is 37.5 Å². The summed E-state index contributed by atoms with van der Waals surface area (Å²) in [5.74, 6) is 0. The summed E-state index contributed by atoms with van der Waals surface area (Å²) in [6, 6.07) is 4.99. The van der Waals surface area contributed by atoms with Gasteiger partial charge >= 0.3 is 0 Å². The number of halogens is 2. The fourth-order valence-electron chi connectivity index (χ4n) is 2.67. The van der Waals surface area contributed by atoms with E-state index in [4.69, 9.17) is 5.73 Å². The van der Waals surface area contributed by atoms with Crippen LogP contribution in [0.3, 0.4) is 0 Å². The van der Waals surface area contributed by atoms with Crippen LogP contribution >= 0.6 is 31.9 Å².